The second kappa shape index (κ2) is 6.84. The van der Waals surface area contributed by atoms with E-state index in [1.165, 1.54) is 17.2 Å². The zero-order valence-electron chi connectivity index (χ0n) is 14.1. The van der Waals surface area contributed by atoms with E-state index in [-0.39, 0.29) is 17.8 Å². The Kier molecular flexibility index (Phi) is 4.40. The molecule has 0 aromatic heterocycles. The van der Waals surface area contributed by atoms with Crippen molar-refractivity contribution in [1.29, 1.82) is 0 Å². The third-order valence-electron chi connectivity index (χ3n) is 5.16. The molecule has 1 saturated heterocycles. The molecule has 25 heavy (non-hydrogen) atoms. The van der Waals surface area contributed by atoms with E-state index in [2.05, 4.69) is 17.4 Å². The number of fused-ring (bicyclic) bond motifs is 1. The molecule has 2 aromatic carbocycles. The number of piperazine rings is 1. The largest absolute Gasteiger partial charge is 0.366 e. The second-order valence-electron chi connectivity index (χ2n) is 6.67. The summed E-state index contributed by atoms with van der Waals surface area (Å²) < 4.78 is 13.9. The third kappa shape index (κ3) is 3.24. The van der Waals surface area contributed by atoms with Crippen molar-refractivity contribution in [2.45, 2.75) is 19.0 Å². The van der Waals surface area contributed by atoms with E-state index in [0.717, 1.165) is 13.0 Å². The number of halogens is 1. The van der Waals surface area contributed by atoms with Crippen LogP contribution in [0.3, 0.4) is 0 Å². The molecule has 1 unspecified atom stereocenters. The zero-order chi connectivity index (χ0) is 17.2. The first-order valence-corrected chi connectivity index (χ1v) is 8.81. The number of rotatable bonds is 2. The minimum absolute atomic E-state index is 0.155. The van der Waals surface area contributed by atoms with Gasteiger partial charge in [-0.05, 0) is 29.7 Å². The molecule has 0 radical (unpaired) electrons. The molecular weight excluding hydrogens is 317 g/mol. The summed E-state index contributed by atoms with van der Waals surface area (Å²) >= 11 is 0. The Balaban J connectivity index is 1.38. The van der Waals surface area contributed by atoms with Crippen LogP contribution in [0.4, 0.5) is 10.1 Å². The first-order chi connectivity index (χ1) is 12.2. The Morgan fingerprint density at radius 2 is 1.64 bits per heavy atom. The normalized spacial score (nSPS) is 20.3. The highest BCUT2D eigenvalue weighted by molar-refractivity contribution is 5.83. The van der Waals surface area contributed by atoms with Gasteiger partial charge < -0.3 is 15.1 Å². The highest BCUT2D eigenvalue weighted by Gasteiger charge is 2.30. The summed E-state index contributed by atoms with van der Waals surface area (Å²) in [5, 5.41) is 3.36. The van der Waals surface area contributed by atoms with Crippen LogP contribution < -0.4 is 10.2 Å². The molecule has 2 heterocycles. The number of nitrogens with zero attached hydrogens (tertiary/aromatic N) is 2. The molecule has 2 aromatic rings. The van der Waals surface area contributed by atoms with E-state index in [4.69, 9.17) is 0 Å². The maximum Gasteiger partial charge on any atom is 0.240 e. The number of carbonyl (C=O) groups excluding carboxylic acids is 1. The van der Waals surface area contributed by atoms with E-state index in [1.807, 2.05) is 28.0 Å². The maximum atomic E-state index is 13.9. The van der Waals surface area contributed by atoms with Gasteiger partial charge in [-0.25, -0.2) is 4.39 Å². The smallest absolute Gasteiger partial charge is 0.240 e. The van der Waals surface area contributed by atoms with Gasteiger partial charge in [0.1, 0.15) is 5.82 Å². The molecule has 4 nitrogen and oxygen atoms in total. The van der Waals surface area contributed by atoms with E-state index >= 15 is 0 Å². The minimum Gasteiger partial charge on any atom is -0.366 e. The van der Waals surface area contributed by atoms with Gasteiger partial charge >= 0.3 is 0 Å². The number of nitrogens with one attached hydrogen (secondary N) is 1. The van der Waals surface area contributed by atoms with Crippen LogP contribution in [0, 0.1) is 5.82 Å². The van der Waals surface area contributed by atoms with Gasteiger partial charge in [-0.2, -0.15) is 0 Å². The minimum atomic E-state index is -0.201. The van der Waals surface area contributed by atoms with Crippen molar-refractivity contribution in [1.82, 2.24) is 10.2 Å². The average molecular weight is 339 g/mol. The van der Waals surface area contributed by atoms with Crippen LogP contribution in [0.25, 0.3) is 0 Å². The maximum absolute atomic E-state index is 13.9. The van der Waals surface area contributed by atoms with Crippen LogP contribution in [-0.4, -0.2) is 43.0 Å². The molecule has 2 aliphatic heterocycles. The predicted molar refractivity (Wildman–Crippen MR) is 96.0 cm³/mol. The van der Waals surface area contributed by atoms with Crippen molar-refractivity contribution in [2.75, 3.05) is 31.1 Å². The first kappa shape index (κ1) is 16.1. The second-order valence-corrected chi connectivity index (χ2v) is 6.67. The molecule has 130 valence electrons. The van der Waals surface area contributed by atoms with Gasteiger partial charge in [0, 0.05) is 32.7 Å². The molecule has 1 amide bonds. The Bertz CT molecular complexity index is 771. The molecule has 0 saturated carbocycles. The van der Waals surface area contributed by atoms with Crippen LogP contribution in [0.5, 0.6) is 0 Å². The lowest BCUT2D eigenvalue weighted by Crippen LogP contribution is -2.55. The zero-order valence-corrected chi connectivity index (χ0v) is 14.1. The van der Waals surface area contributed by atoms with Gasteiger partial charge in [-0.15, -0.1) is 0 Å². The van der Waals surface area contributed by atoms with Crippen LogP contribution >= 0.6 is 0 Å². The summed E-state index contributed by atoms with van der Waals surface area (Å²) in [6, 6.07) is 14.9. The highest BCUT2D eigenvalue weighted by atomic mass is 19.1. The summed E-state index contributed by atoms with van der Waals surface area (Å²) in [4.78, 5) is 16.8. The number of amides is 1. The van der Waals surface area contributed by atoms with Crippen molar-refractivity contribution in [3.05, 3.63) is 65.5 Å². The summed E-state index contributed by atoms with van der Waals surface area (Å²) in [6.07, 6.45) is 0.739. The van der Waals surface area contributed by atoms with Crippen LogP contribution in [0.1, 0.15) is 11.1 Å². The molecule has 4 rings (SSSR count). The van der Waals surface area contributed by atoms with E-state index in [1.54, 1.807) is 12.1 Å². The molecule has 1 atom stereocenters. The fourth-order valence-corrected chi connectivity index (χ4v) is 3.73. The molecule has 1 N–H and O–H groups in total. The van der Waals surface area contributed by atoms with Gasteiger partial charge in [0.05, 0.1) is 11.7 Å². The molecule has 0 bridgehead atoms. The Morgan fingerprint density at radius 3 is 2.40 bits per heavy atom. The fraction of sp³-hybridized carbons (Fsp3) is 0.350. The topological polar surface area (TPSA) is 35.6 Å². The monoisotopic (exact) mass is 339 g/mol. The van der Waals surface area contributed by atoms with Gasteiger partial charge in [-0.3, -0.25) is 4.79 Å². The molecule has 2 aliphatic rings. The number of anilines is 1. The number of hydrogen-bond acceptors (Lipinski definition) is 3. The quantitative estimate of drug-likeness (QED) is 0.911. The summed E-state index contributed by atoms with van der Waals surface area (Å²) in [5.41, 5.74) is 3.15. The molecular formula is C20H22FN3O. The standard InChI is InChI=1S/C20H22FN3O/c21-17-7-3-4-8-19(17)23-9-11-24(12-10-23)20(25)18-13-15-5-1-2-6-16(15)14-22-18/h1-8,18,22H,9-14H2. The number of benzene rings is 2. The number of hydrogen-bond donors (Lipinski definition) is 1. The van der Waals surface area contributed by atoms with Crippen molar-refractivity contribution in [3.8, 4) is 0 Å². The molecule has 1 fully saturated rings. The Labute approximate surface area is 147 Å². The fourth-order valence-electron chi connectivity index (χ4n) is 3.73. The van der Waals surface area contributed by atoms with E-state index < -0.39 is 0 Å². The summed E-state index contributed by atoms with van der Waals surface area (Å²) in [6.45, 7) is 3.33. The Morgan fingerprint density at radius 1 is 0.960 bits per heavy atom. The SMILES string of the molecule is O=C(C1Cc2ccccc2CN1)N1CCN(c2ccccc2F)CC1. The predicted octanol–water partition coefficient (Wildman–Crippen LogP) is 2.19. The molecule has 0 spiro atoms. The number of para-hydroxylation sites is 1. The van der Waals surface area contributed by atoms with Gasteiger partial charge in [0.2, 0.25) is 5.91 Å². The lowest BCUT2D eigenvalue weighted by molar-refractivity contribution is -0.134. The third-order valence-corrected chi connectivity index (χ3v) is 5.16. The Hall–Kier alpha value is -2.40. The van der Waals surface area contributed by atoms with Gasteiger partial charge in [0.15, 0.2) is 0 Å². The van der Waals surface area contributed by atoms with Crippen molar-refractivity contribution < 1.29 is 9.18 Å². The van der Waals surface area contributed by atoms with E-state index in [0.29, 0.717) is 31.9 Å². The van der Waals surface area contributed by atoms with Crippen LogP contribution in [0.15, 0.2) is 48.5 Å². The van der Waals surface area contributed by atoms with Crippen LogP contribution in [-0.2, 0) is 17.8 Å². The van der Waals surface area contributed by atoms with Crippen LogP contribution in [0.2, 0.25) is 0 Å². The van der Waals surface area contributed by atoms with Crippen molar-refractivity contribution >= 4 is 11.6 Å². The first-order valence-electron chi connectivity index (χ1n) is 8.81. The number of carbonyl (C=O) groups is 1. The lowest BCUT2D eigenvalue weighted by Gasteiger charge is -2.38. The van der Waals surface area contributed by atoms with Gasteiger partial charge in [0.25, 0.3) is 0 Å². The van der Waals surface area contributed by atoms with E-state index in [9.17, 15) is 9.18 Å². The van der Waals surface area contributed by atoms with Crippen molar-refractivity contribution in [2.24, 2.45) is 0 Å². The molecule has 0 aliphatic carbocycles. The van der Waals surface area contributed by atoms with Crippen molar-refractivity contribution in [3.63, 3.8) is 0 Å². The van der Waals surface area contributed by atoms with Gasteiger partial charge in [-0.1, -0.05) is 36.4 Å². The lowest BCUT2D eigenvalue weighted by atomic mass is 9.95. The summed E-state index contributed by atoms with van der Waals surface area (Å²) in [5.74, 6) is -0.0458. The summed E-state index contributed by atoms with van der Waals surface area (Å²) in [7, 11) is 0. The average Bonchev–Trinajstić information content (AvgIpc) is 2.67. The molecule has 5 heteroatoms. The highest BCUT2D eigenvalue weighted by Crippen LogP contribution is 2.21.